The summed E-state index contributed by atoms with van der Waals surface area (Å²) in [6.45, 7) is 7.08. The molecule has 1 aromatic heterocycles. The van der Waals surface area contributed by atoms with Gasteiger partial charge in [-0.1, -0.05) is 13.8 Å². The molecule has 102 valence electrons. The maximum absolute atomic E-state index is 5.85. The third-order valence-electron chi connectivity index (χ3n) is 3.45. The normalized spacial score (nSPS) is 11.8. The van der Waals surface area contributed by atoms with Crippen LogP contribution in [0.1, 0.15) is 25.1 Å². The molecule has 2 rings (SSSR count). The molecule has 0 atom stereocenters. The van der Waals surface area contributed by atoms with E-state index in [2.05, 4.69) is 31.0 Å². The van der Waals surface area contributed by atoms with Crippen LogP contribution in [-0.4, -0.2) is 18.6 Å². The van der Waals surface area contributed by atoms with Gasteiger partial charge in [0.25, 0.3) is 0 Å². The fourth-order valence-electron chi connectivity index (χ4n) is 2.29. The molecule has 2 N–H and O–H groups in total. The lowest BCUT2D eigenvalue weighted by Crippen LogP contribution is -2.26. The molecular weight excluding hydrogens is 236 g/mol. The van der Waals surface area contributed by atoms with E-state index in [1.165, 1.54) is 10.9 Å². The van der Waals surface area contributed by atoms with E-state index in [4.69, 9.17) is 10.5 Å². The van der Waals surface area contributed by atoms with Crippen LogP contribution in [0, 0.1) is 12.3 Å². The van der Waals surface area contributed by atoms with Crippen molar-refractivity contribution in [3.05, 3.63) is 35.5 Å². The molecule has 3 nitrogen and oxygen atoms in total. The van der Waals surface area contributed by atoms with E-state index in [1.807, 2.05) is 19.1 Å². The van der Waals surface area contributed by atoms with Crippen LogP contribution in [0.25, 0.3) is 10.9 Å². The van der Waals surface area contributed by atoms with Crippen molar-refractivity contribution < 1.29 is 4.74 Å². The zero-order valence-electron chi connectivity index (χ0n) is 12.2. The third kappa shape index (κ3) is 3.04. The van der Waals surface area contributed by atoms with Crippen molar-refractivity contribution in [3.63, 3.8) is 0 Å². The quantitative estimate of drug-likeness (QED) is 0.916. The minimum absolute atomic E-state index is 0.0979. The number of aryl methyl sites for hydroxylation is 1. The molecule has 0 aliphatic heterocycles. The molecule has 0 aliphatic rings. The fourth-order valence-corrected chi connectivity index (χ4v) is 2.29. The van der Waals surface area contributed by atoms with Gasteiger partial charge in [0.2, 0.25) is 0 Å². The molecule has 0 aliphatic carbocycles. The average Bonchev–Trinajstić information content (AvgIpc) is 2.37. The van der Waals surface area contributed by atoms with Gasteiger partial charge < -0.3 is 10.5 Å². The van der Waals surface area contributed by atoms with E-state index in [0.717, 1.165) is 23.4 Å². The Kier molecular flexibility index (Phi) is 3.76. The lowest BCUT2D eigenvalue weighted by Gasteiger charge is -2.23. The standard InChI is InChI=1S/C16H22N2O/c1-11-7-12(9-16(2,3)10-17)14-6-5-13(19-4)8-15(14)18-11/h5-8H,9-10,17H2,1-4H3. The Bertz CT molecular complexity index is 591. The molecule has 0 bridgehead atoms. The van der Waals surface area contributed by atoms with Gasteiger partial charge >= 0.3 is 0 Å². The van der Waals surface area contributed by atoms with Crippen LogP contribution in [0.2, 0.25) is 0 Å². The molecular formula is C16H22N2O. The van der Waals surface area contributed by atoms with Crippen molar-refractivity contribution in [1.82, 2.24) is 4.98 Å². The van der Waals surface area contributed by atoms with Crippen LogP contribution >= 0.6 is 0 Å². The number of ether oxygens (including phenoxy) is 1. The number of methoxy groups -OCH3 is 1. The van der Waals surface area contributed by atoms with Crippen LogP contribution < -0.4 is 10.5 Å². The molecule has 0 unspecified atom stereocenters. The first-order chi connectivity index (χ1) is 8.95. The van der Waals surface area contributed by atoms with Crippen LogP contribution in [0.15, 0.2) is 24.3 Å². The minimum Gasteiger partial charge on any atom is -0.497 e. The minimum atomic E-state index is 0.0979. The van der Waals surface area contributed by atoms with Crippen molar-refractivity contribution in [2.75, 3.05) is 13.7 Å². The summed E-state index contributed by atoms with van der Waals surface area (Å²) >= 11 is 0. The second-order valence-corrected chi connectivity index (χ2v) is 5.85. The highest BCUT2D eigenvalue weighted by Gasteiger charge is 2.18. The van der Waals surface area contributed by atoms with Gasteiger partial charge in [-0.15, -0.1) is 0 Å². The highest BCUT2D eigenvalue weighted by molar-refractivity contribution is 5.83. The van der Waals surface area contributed by atoms with Crippen molar-refractivity contribution in [1.29, 1.82) is 0 Å². The van der Waals surface area contributed by atoms with Crippen LogP contribution in [0.4, 0.5) is 0 Å². The van der Waals surface area contributed by atoms with Crippen molar-refractivity contribution in [2.24, 2.45) is 11.1 Å². The Morgan fingerprint density at radius 3 is 2.63 bits per heavy atom. The maximum Gasteiger partial charge on any atom is 0.121 e. The molecule has 3 heteroatoms. The van der Waals surface area contributed by atoms with Gasteiger partial charge in [0.15, 0.2) is 0 Å². The van der Waals surface area contributed by atoms with Crippen LogP contribution in [-0.2, 0) is 6.42 Å². The van der Waals surface area contributed by atoms with Crippen molar-refractivity contribution in [3.8, 4) is 5.75 Å². The number of nitrogens with two attached hydrogens (primary N) is 1. The van der Waals surface area contributed by atoms with E-state index in [1.54, 1.807) is 7.11 Å². The molecule has 0 saturated carbocycles. The Balaban J connectivity index is 2.54. The summed E-state index contributed by atoms with van der Waals surface area (Å²) in [5.74, 6) is 0.842. The average molecular weight is 258 g/mol. The first-order valence-electron chi connectivity index (χ1n) is 6.59. The Morgan fingerprint density at radius 1 is 1.26 bits per heavy atom. The molecule has 0 spiro atoms. The van der Waals surface area contributed by atoms with E-state index in [0.29, 0.717) is 6.54 Å². The molecule has 0 saturated heterocycles. The maximum atomic E-state index is 5.85. The highest BCUT2D eigenvalue weighted by Crippen LogP contribution is 2.28. The van der Waals surface area contributed by atoms with Gasteiger partial charge in [0, 0.05) is 17.1 Å². The summed E-state index contributed by atoms with van der Waals surface area (Å²) < 4.78 is 5.26. The lowest BCUT2D eigenvalue weighted by atomic mass is 9.84. The van der Waals surface area contributed by atoms with Gasteiger partial charge in [-0.3, -0.25) is 4.98 Å². The van der Waals surface area contributed by atoms with Crippen LogP contribution in [0.5, 0.6) is 5.75 Å². The third-order valence-corrected chi connectivity index (χ3v) is 3.45. The van der Waals surface area contributed by atoms with E-state index >= 15 is 0 Å². The number of hydrogen-bond acceptors (Lipinski definition) is 3. The summed E-state index contributed by atoms with van der Waals surface area (Å²) in [7, 11) is 1.68. The second kappa shape index (κ2) is 5.17. The second-order valence-electron chi connectivity index (χ2n) is 5.85. The van der Waals surface area contributed by atoms with Gasteiger partial charge in [-0.05, 0) is 49.1 Å². The molecule has 0 amide bonds. The van der Waals surface area contributed by atoms with Gasteiger partial charge in [-0.2, -0.15) is 0 Å². The molecule has 1 heterocycles. The molecule has 1 aromatic carbocycles. The topological polar surface area (TPSA) is 48.1 Å². The van der Waals surface area contributed by atoms with E-state index in [9.17, 15) is 0 Å². The monoisotopic (exact) mass is 258 g/mol. The summed E-state index contributed by atoms with van der Waals surface area (Å²) in [5.41, 5.74) is 9.27. The van der Waals surface area contributed by atoms with E-state index in [-0.39, 0.29) is 5.41 Å². The number of benzene rings is 1. The summed E-state index contributed by atoms with van der Waals surface area (Å²) in [4.78, 5) is 4.59. The zero-order valence-corrected chi connectivity index (χ0v) is 12.2. The van der Waals surface area contributed by atoms with Gasteiger partial charge in [0.1, 0.15) is 5.75 Å². The molecule has 0 fully saturated rings. The first kappa shape index (κ1) is 13.8. The fraction of sp³-hybridized carbons (Fsp3) is 0.438. The smallest absolute Gasteiger partial charge is 0.121 e. The highest BCUT2D eigenvalue weighted by atomic mass is 16.5. The van der Waals surface area contributed by atoms with E-state index < -0.39 is 0 Å². The van der Waals surface area contributed by atoms with Crippen molar-refractivity contribution in [2.45, 2.75) is 27.2 Å². The predicted molar refractivity (Wildman–Crippen MR) is 79.6 cm³/mol. The summed E-state index contributed by atoms with van der Waals surface area (Å²) in [6.07, 6.45) is 0.954. The van der Waals surface area contributed by atoms with Gasteiger partial charge in [0.05, 0.1) is 12.6 Å². The van der Waals surface area contributed by atoms with Gasteiger partial charge in [-0.25, -0.2) is 0 Å². The lowest BCUT2D eigenvalue weighted by molar-refractivity contribution is 0.378. The summed E-state index contributed by atoms with van der Waals surface area (Å²) in [5, 5.41) is 1.19. The number of rotatable bonds is 4. The number of pyridine rings is 1. The van der Waals surface area contributed by atoms with Crippen LogP contribution in [0.3, 0.4) is 0 Å². The molecule has 19 heavy (non-hydrogen) atoms. The van der Waals surface area contributed by atoms with Crippen molar-refractivity contribution >= 4 is 10.9 Å². The predicted octanol–water partition coefficient (Wildman–Crippen LogP) is 3.08. The molecule has 0 radical (unpaired) electrons. The summed E-state index contributed by atoms with van der Waals surface area (Å²) in [6, 6.07) is 8.22. The number of hydrogen-bond donors (Lipinski definition) is 1. The Morgan fingerprint density at radius 2 is 2.00 bits per heavy atom. The Hall–Kier alpha value is -1.61. The first-order valence-corrected chi connectivity index (χ1v) is 6.59. The number of nitrogens with zero attached hydrogens (tertiary/aromatic N) is 1. The number of fused-ring (bicyclic) bond motifs is 1. The zero-order chi connectivity index (χ0) is 14.0. The SMILES string of the molecule is COc1ccc2c(CC(C)(C)CN)cc(C)nc2c1. The largest absolute Gasteiger partial charge is 0.497 e. The molecule has 2 aromatic rings. The number of aromatic nitrogens is 1. The Labute approximate surface area is 114 Å².